The van der Waals surface area contributed by atoms with Crippen molar-refractivity contribution >= 4 is 5.97 Å². The normalized spacial score (nSPS) is 15.8. The molecule has 1 N–H and O–H groups in total. The Bertz CT molecular complexity index is 598. The van der Waals surface area contributed by atoms with Crippen LogP contribution in [0.2, 0.25) is 0 Å². The van der Waals surface area contributed by atoms with Gasteiger partial charge in [0.05, 0.1) is 17.8 Å². The van der Waals surface area contributed by atoms with Crippen LogP contribution >= 0.6 is 0 Å². The summed E-state index contributed by atoms with van der Waals surface area (Å²) in [6.45, 7) is 0. The van der Waals surface area contributed by atoms with Gasteiger partial charge in [-0.3, -0.25) is 4.68 Å². The highest BCUT2D eigenvalue weighted by molar-refractivity contribution is 5.89. The number of carboxylic acid groups (broad SMARTS) is 1. The predicted molar refractivity (Wildman–Crippen MR) is 72.1 cm³/mol. The number of hydrogen-bond donors (Lipinski definition) is 1. The van der Waals surface area contributed by atoms with Crippen molar-refractivity contribution in [3.05, 3.63) is 42.2 Å². The maximum absolute atomic E-state index is 11.0. The standard InChI is InChI=1S/C15H16N2O2/c18-15(19)12-5-3-4-11(8-12)13-9-16-17(10-13)14-6-1-2-7-14/h3-5,8-10,14H,1-2,6-7H2,(H,18,19). The molecular formula is C15H16N2O2. The molecule has 1 aromatic heterocycles. The highest BCUT2D eigenvalue weighted by Gasteiger charge is 2.17. The third kappa shape index (κ3) is 2.38. The summed E-state index contributed by atoms with van der Waals surface area (Å²) in [5, 5.41) is 13.4. The molecule has 0 atom stereocenters. The van der Waals surface area contributed by atoms with Gasteiger partial charge in [-0.1, -0.05) is 25.0 Å². The van der Waals surface area contributed by atoms with E-state index in [2.05, 4.69) is 5.10 Å². The first-order chi connectivity index (χ1) is 9.24. The summed E-state index contributed by atoms with van der Waals surface area (Å²) in [4.78, 5) is 11.0. The van der Waals surface area contributed by atoms with E-state index in [4.69, 9.17) is 5.11 Å². The van der Waals surface area contributed by atoms with E-state index >= 15 is 0 Å². The molecule has 98 valence electrons. The van der Waals surface area contributed by atoms with Crippen LogP contribution in [0.5, 0.6) is 0 Å². The molecule has 1 saturated carbocycles. The van der Waals surface area contributed by atoms with Crippen LogP contribution in [0.15, 0.2) is 36.7 Å². The minimum atomic E-state index is -0.898. The molecule has 0 aliphatic heterocycles. The van der Waals surface area contributed by atoms with Gasteiger partial charge in [0.1, 0.15) is 0 Å². The molecule has 3 rings (SSSR count). The van der Waals surface area contributed by atoms with Crippen LogP contribution in [0, 0.1) is 0 Å². The average Bonchev–Trinajstić information content (AvgIpc) is 3.09. The van der Waals surface area contributed by atoms with Gasteiger partial charge in [0.15, 0.2) is 0 Å². The zero-order chi connectivity index (χ0) is 13.2. The number of rotatable bonds is 3. The maximum atomic E-state index is 11.0. The van der Waals surface area contributed by atoms with Gasteiger partial charge in [-0.25, -0.2) is 4.79 Å². The molecule has 0 radical (unpaired) electrons. The van der Waals surface area contributed by atoms with Gasteiger partial charge in [0, 0.05) is 11.8 Å². The zero-order valence-electron chi connectivity index (χ0n) is 10.6. The molecule has 0 bridgehead atoms. The third-order valence-corrected chi connectivity index (χ3v) is 3.74. The molecule has 1 aliphatic carbocycles. The summed E-state index contributed by atoms with van der Waals surface area (Å²) in [7, 11) is 0. The van der Waals surface area contributed by atoms with E-state index in [-0.39, 0.29) is 0 Å². The van der Waals surface area contributed by atoms with Gasteiger partial charge in [-0.2, -0.15) is 5.10 Å². The van der Waals surface area contributed by atoms with E-state index in [9.17, 15) is 4.79 Å². The zero-order valence-corrected chi connectivity index (χ0v) is 10.6. The molecule has 0 unspecified atom stereocenters. The first kappa shape index (κ1) is 12.0. The minimum Gasteiger partial charge on any atom is -0.478 e. The summed E-state index contributed by atoms with van der Waals surface area (Å²) in [5.41, 5.74) is 2.20. The molecule has 4 nitrogen and oxygen atoms in total. The van der Waals surface area contributed by atoms with E-state index in [0.29, 0.717) is 11.6 Å². The molecular weight excluding hydrogens is 240 g/mol. The molecule has 1 aliphatic rings. The van der Waals surface area contributed by atoms with Gasteiger partial charge in [0.25, 0.3) is 0 Å². The maximum Gasteiger partial charge on any atom is 0.335 e. The Hall–Kier alpha value is -2.10. The Morgan fingerprint density at radius 1 is 1.26 bits per heavy atom. The molecule has 0 spiro atoms. The lowest BCUT2D eigenvalue weighted by Gasteiger charge is -2.08. The lowest BCUT2D eigenvalue weighted by Crippen LogP contribution is -2.04. The fraction of sp³-hybridized carbons (Fsp3) is 0.333. The Balaban J connectivity index is 1.89. The van der Waals surface area contributed by atoms with E-state index < -0.39 is 5.97 Å². The highest BCUT2D eigenvalue weighted by atomic mass is 16.4. The van der Waals surface area contributed by atoms with Crippen molar-refractivity contribution in [2.24, 2.45) is 0 Å². The highest BCUT2D eigenvalue weighted by Crippen LogP contribution is 2.30. The van der Waals surface area contributed by atoms with Crippen molar-refractivity contribution in [1.29, 1.82) is 0 Å². The number of aromatic carboxylic acids is 1. The van der Waals surface area contributed by atoms with Crippen molar-refractivity contribution in [3.8, 4) is 11.1 Å². The van der Waals surface area contributed by atoms with Crippen molar-refractivity contribution in [2.45, 2.75) is 31.7 Å². The molecule has 1 fully saturated rings. The first-order valence-electron chi connectivity index (χ1n) is 6.62. The predicted octanol–water partition coefficient (Wildman–Crippen LogP) is 3.36. The number of carboxylic acids is 1. The van der Waals surface area contributed by atoms with Crippen molar-refractivity contribution in [3.63, 3.8) is 0 Å². The summed E-state index contributed by atoms with van der Waals surface area (Å²) in [6, 6.07) is 7.50. The third-order valence-electron chi connectivity index (χ3n) is 3.74. The molecule has 4 heteroatoms. The fourth-order valence-corrected chi connectivity index (χ4v) is 2.69. The molecule has 19 heavy (non-hydrogen) atoms. The van der Waals surface area contributed by atoms with Crippen LogP contribution in [0.25, 0.3) is 11.1 Å². The summed E-state index contributed by atoms with van der Waals surface area (Å²) < 4.78 is 2.02. The van der Waals surface area contributed by atoms with Crippen LogP contribution in [0.3, 0.4) is 0 Å². The lowest BCUT2D eigenvalue weighted by molar-refractivity contribution is 0.0697. The number of hydrogen-bond acceptors (Lipinski definition) is 2. The summed E-state index contributed by atoms with van der Waals surface area (Å²) in [6.07, 6.45) is 8.77. The average molecular weight is 256 g/mol. The monoisotopic (exact) mass is 256 g/mol. The van der Waals surface area contributed by atoms with Gasteiger partial charge in [-0.15, -0.1) is 0 Å². The molecule has 1 aromatic carbocycles. The Morgan fingerprint density at radius 3 is 2.79 bits per heavy atom. The summed E-state index contributed by atoms with van der Waals surface area (Å²) in [5.74, 6) is -0.898. The fourth-order valence-electron chi connectivity index (χ4n) is 2.69. The van der Waals surface area contributed by atoms with Crippen LogP contribution in [-0.2, 0) is 0 Å². The SMILES string of the molecule is O=C(O)c1cccc(-c2cnn(C3CCCC3)c2)c1. The van der Waals surface area contributed by atoms with E-state index in [0.717, 1.165) is 11.1 Å². The van der Waals surface area contributed by atoms with Crippen LogP contribution < -0.4 is 0 Å². The van der Waals surface area contributed by atoms with Crippen LogP contribution in [-0.4, -0.2) is 20.9 Å². The molecule has 1 heterocycles. The van der Waals surface area contributed by atoms with E-state index in [1.54, 1.807) is 18.2 Å². The van der Waals surface area contributed by atoms with Gasteiger partial charge >= 0.3 is 5.97 Å². The quantitative estimate of drug-likeness (QED) is 0.916. The second-order valence-electron chi connectivity index (χ2n) is 5.03. The Kier molecular flexibility index (Phi) is 3.07. The summed E-state index contributed by atoms with van der Waals surface area (Å²) >= 11 is 0. The Labute approximate surface area is 111 Å². The topological polar surface area (TPSA) is 55.1 Å². The van der Waals surface area contributed by atoms with Crippen molar-refractivity contribution < 1.29 is 9.90 Å². The van der Waals surface area contributed by atoms with Gasteiger partial charge < -0.3 is 5.11 Å². The Morgan fingerprint density at radius 2 is 2.05 bits per heavy atom. The van der Waals surface area contributed by atoms with Crippen molar-refractivity contribution in [1.82, 2.24) is 9.78 Å². The minimum absolute atomic E-state index is 0.311. The second kappa shape index (κ2) is 4.88. The van der Waals surface area contributed by atoms with Crippen LogP contribution in [0.1, 0.15) is 42.1 Å². The van der Waals surface area contributed by atoms with E-state index in [1.807, 2.05) is 23.1 Å². The number of carbonyl (C=O) groups is 1. The largest absolute Gasteiger partial charge is 0.478 e. The molecule has 2 aromatic rings. The first-order valence-corrected chi connectivity index (χ1v) is 6.62. The number of benzene rings is 1. The molecule has 0 saturated heterocycles. The van der Waals surface area contributed by atoms with E-state index in [1.165, 1.54) is 25.7 Å². The number of aromatic nitrogens is 2. The smallest absolute Gasteiger partial charge is 0.335 e. The second-order valence-corrected chi connectivity index (χ2v) is 5.03. The lowest BCUT2D eigenvalue weighted by atomic mass is 10.1. The van der Waals surface area contributed by atoms with Gasteiger partial charge in [0.2, 0.25) is 0 Å². The van der Waals surface area contributed by atoms with Crippen molar-refractivity contribution in [2.75, 3.05) is 0 Å². The molecule has 0 amide bonds. The van der Waals surface area contributed by atoms with Gasteiger partial charge in [-0.05, 0) is 30.5 Å². The van der Waals surface area contributed by atoms with Crippen LogP contribution in [0.4, 0.5) is 0 Å². The number of nitrogens with zero attached hydrogens (tertiary/aromatic N) is 2.